The summed E-state index contributed by atoms with van der Waals surface area (Å²) in [4.78, 5) is 10.7. The van der Waals surface area contributed by atoms with Crippen molar-refractivity contribution in [1.29, 1.82) is 5.41 Å². The number of aliphatic imine (C=N–C) groups is 2. The standard InChI is InChI=1S/C48H42N4O/c49-46(36-23-12-4-13-24-36)53-47(50)43-31-40(34-19-8-2-9-20-34)42(30-41(43)35-21-10-3-11-22-35)45-32-44(51-48(52-45)37-25-14-5-15-26-37)39-28-16-27-38(29-39)33-17-6-1-7-18-33/h1-8,10-19,21-28,30-31,38,45,47,49H,9,20,29,32,50H2. The van der Waals surface area contributed by atoms with Crippen molar-refractivity contribution < 1.29 is 4.74 Å². The summed E-state index contributed by atoms with van der Waals surface area (Å²) in [7, 11) is 0. The van der Waals surface area contributed by atoms with Crippen LogP contribution in [0, 0.1) is 5.41 Å². The highest BCUT2D eigenvalue weighted by molar-refractivity contribution is 6.14. The Morgan fingerprint density at radius 2 is 1.38 bits per heavy atom. The summed E-state index contributed by atoms with van der Waals surface area (Å²) in [5, 5.41) is 8.77. The van der Waals surface area contributed by atoms with E-state index in [2.05, 4.69) is 103 Å². The third-order valence-electron chi connectivity index (χ3n) is 10.2. The lowest BCUT2D eigenvalue weighted by molar-refractivity contribution is 0.199. The van der Waals surface area contributed by atoms with Crippen molar-refractivity contribution in [2.24, 2.45) is 15.7 Å². The number of rotatable bonds is 9. The minimum Gasteiger partial charge on any atom is -0.454 e. The highest BCUT2D eigenvalue weighted by atomic mass is 16.5. The molecule has 5 nitrogen and oxygen atoms in total. The van der Waals surface area contributed by atoms with Crippen LogP contribution < -0.4 is 5.73 Å². The summed E-state index contributed by atoms with van der Waals surface area (Å²) in [6, 6.07) is 45.1. The monoisotopic (exact) mass is 690 g/mol. The van der Waals surface area contributed by atoms with E-state index in [4.69, 9.17) is 25.9 Å². The molecule has 0 saturated carbocycles. The van der Waals surface area contributed by atoms with Crippen LogP contribution in [0.25, 0.3) is 16.7 Å². The Morgan fingerprint density at radius 3 is 2.08 bits per heavy atom. The smallest absolute Gasteiger partial charge is 0.215 e. The van der Waals surface area contributed by atoms with Gasteiger partial charge < -0.3 is 4.74 Å². The van der Waals surface area contributed by atoms with Gasteiger partial charge in [-0.1, -0.05) is 146 Å². The number of ether oxygens (including phenoxy) is 1. The topological polar surface area (TPSA) is 83.8 Å². The summed E-state index contributed by atoms with van der Waals surface area (Å²) >= 11 is 0. The van der Waals surface area contributed by atoms with E-state index < -0.39 is 6.23 Å². The predicted molar refractivity (Wildman–Crippen MR) is 218 cm³/mol. The molecule has 0 spiro atoms. The SMILES string of the molecule is N=C(OC(N)c1cc(C2=CC=CCC2)c(C2CC(C3=CC=CC(c4ccccc4)C3)=NC(c3ccccc3)=N2)cc1-c1ccccc1)c1ccccc1. The van der Waals surface area contributed by atoms with E-state index >= 15 is 0 Å². The summed E-state index contributed by atoms with van der Waals surface area (Å²) < 4.78 is 6.20. The van der Waals surface area contributed by atoms with Crippen LogP contribution in [0.3, 0.4) is 0 Å². The predicted octanol–water partition coefficient (Wildman–Crippen LogP) is 11.1. The van der Waals surface area contributed by atoms with Crippen LogP contribution in [-0.4, -0.2) is 17.4 Å². The van der Waals surface area contributed by atoms with Gasteiger partial charge in [-0.05, 0) is 82.5 Å². The van der Waals surface area contributed by atoms with Gasteiger partial charge in [-0.15, -0.1) is 0 Å². The number of nitrogens with one attached hydrogen (secondary N) is 1. The Balaban J connectivity index is 1.25. The normalized spacial score (nSPS) is 18.7. The first-order chi connectivity index (χ1) is 26.1. The minimum atomic E-state index is -0.869. The molecule has 0 aromatic heterocycles. The summed E-state index contributed by atoms with van der Waals surface area (Å²) in [5.74, 6) is 1.07. The lowest BCUT2D eigenvalue weighted by Gasteiger charge is -2.29. The number of allylic oxidation sites excluding steroid dienone is 8. The molecule has 0 saturated heterocycles. The molecule has 1 heterocycles. The van der Waals surface area contributed by atoms with Crippen molar-refractivity contribution in [2.75, 3.05) is 0 Å². The van der Waals surface area contributed by atoms with E-state index in [1.807, 2.05) is 66.7 Å². The Morgan fingerprint density at radius 1 is 0.717 bits per heavy atom. The maximum absolute atomic E-state index is 8.77. The summed E-state index contributed by atoms with van der Waals surface area (Å²) in [6.07, 6.45) is 15.8. The fourth-order valence-electron chi connectivity index (χ4n) is 7.47. The van der Waals surface area contributed by atoms with Crippen molar-refractivity contribution in [1.82, 2.24) is 0 Å². The molecule has 3 N–H and O–H groups in total. The van der Waals surface area contributed by atoms with Gasteiger partial charge in [0.15, 0.2) is 12.1 Å². The first kappa shape index (κ1) is 33.9. The number of hydrogen-bond donors (Lipinski definition) is 2. The molecule has 260 valence electrons. The van der Waals surface area contributed by atoms with Crippen LogP contribution in [0.15, 0.2) is 185 Å². The summed E-state index contributed by atoms with van der Waals surface area (Å²) in [6.45, 7) is 0. The number of nitrogens with two attached hydrogens (primary N) is 1. The molecule has 0 bridgehead atoms. The molecule has 2 aliphatic carbocycles. The quantitative estimate of drug-likeness (QED) is 0.0916. The molecule has 53 heavy (non-hydrogen) atoms. The van der Waals surface area contributed by atoms with Crippen LogP contribution in [0.4, 0.5) is 0 Å². The molecule has 1 aliphatic heterocycles. The molecule has 3 aliphatic rings. The van der Waals surface area contributed by atoms with E-state index in [9.17, 15) is 0 Å². The minimum absolute atomic E-state index is 0.0383. The molecule has 3 unspecified atom stereocenters. The molecule has 0 amide bonds. The van der Waals surface area contributed by atoms with Crippen molar-refractivity contribution in [3.8, 4) is 11.1 Å². The molecular weight excluding hydrogens is 649 g/mol. The van der Waals surface area contributed by atoms with Gasteiger partial charge in [0, 0.05) is 34.7 Å². The molecule has 8 rings (SSSR count). The first-order valence-corrected chi connectivity index (χ1v) is 18.4. The fourth-order valence-corrected chi connectivity index (χ4v) is 7.47. The maximum atomic E-state index is 8.77. The Kier molecular flexibility index (Phi) is 9.99. The number of benzene rings is 5. The third kappa shape index (κ3) is 7.57. The second-order valence-electron chi connectivity index (χ2n) is 13.7. The van der Waals surface area contributed by atoms with Crippen LogP contribution in [0.5, 0.6) is 0 Å². The zero-order valence-corrected chi connectivity index (χ0v) is 29.6. The second kappa shape index (κ2) is 15.6. The van der Waals surface area contributed by atoms with Gasteiger partial charge in [0.2, 0.25) is 5.90 Å². The van der Waals surface area contributed by atoms with E-state index in [1.165, 1.54) is 16.7 Å². The number of amidine groups is 1. The van der Waals surface area contributed by atoms with Gasteiger partial charge in [-0.25, -0.2) is 4.99 Å². The molecule has 5 aromatic rings. The second-order valence-corrected chi connectivity index (χ2v) is 13.7. The zero-order chi connectivity index (χ0) is 36.0. The Labute approximate surface area is 311 Å². The molecule has 0 fully saturated rings. The molecule has 0 radical (unpaired) electrons. The highest BCUT2D eigenvalue weighted by Gasteiger charge is 2.30. The number of nitrogens with zero attached hydrogens (tertiary/aromatic N) is 2. The van der Waals surface area contributed by atoms with Gasteiger partial charge in [0.25, 0.3) is 0 Å². The van der Waals surface area contributed by atoms with Gasteiger partial charge in [-0.2, -0.15) is 0 Å². The van der Waals surface area contributed by atoms with E-state index in [0.717, 1.165) is 64.2 Å². The zero-order valence-electron chi connectivity index (χ0n) is 29.6. The van der Waals surface area contributed by atoms with Crippen molar-refractivity contribution in [2.45, 2.75) is 43.9 Å². The van der Waals surface area contributed by atoms with Crippen LogP contribution >= 0.6 is 0 Å². The van der Waals surface area contributed by atoms with E-state index in [0.29, 0.717) is 12.0 Å². The summed E-state index contributed by atoms with van der Waals surface area (Å²) in [5.41, 5.74) is 18.5. The maximum Gasteiger partial charge on any atom is 0.215 e. The lowest BCUT2D eigenvalue weighted by Crippen LogP contribution is -2.22. The fraction of sp³-hybridized carbons (Fsp3) is 0.146. The van der Waals surface area contributed by atoms with Gasteiger partial charge in [0.1, 0.15) is 0 Å². The number of hydrogen-bond acceptors (Lipinski definition) is 5. The van der Waals surface area contributed by atoms with E-state index in [1.54, 1.807) is 0 Å². The van der Waals surface area contributed by atoms with E-state index in [-0.39, 0.29) is 17.9 Å². The van der Waals surface area contributed by atoms with Crippen molar-refractivity contribution in [3.05, 3.63) is 209 Å². The van der Waals surface area contributed by atoms with Gasteiger partial charge in [0.05, 0.1) is 6.04 Å². The lowest BCUT2D eigenvalue weighted by atomic mass is 9.81. The van der Waals surface area contributed by atoms with Crippen LogP contribution in [-0.2, 0) is 4.74 Å². The first-order valence-electron chi connectivity index (χ1n) is 18.4. The van der Waals surface area contributed by atoms with Crippen molar-refractivity contribution >= 4 is 23.0 Å². The van der Waals surface area contributed by atoms with Crippen LogP contribution in [0.1, 0.15) is 77.3 Å². The van der Waals surface area contributed by atoms with Crippen molar-refractivity contribution in [3.63, 3.8) is 0 Å². The Hall–Kier alpha value is -6.17. The molecule has 5 heteroatoms. The molecule has 5 aromatic carbocycles. The molecular formula is C48H42N4O. The average Bonchev–Trinajstić information content (AvgIpc) is 3.24. The largest absolute Gasteiger partial charge is 0.454 e. The highest BCUT2D eigenvalue weighted by Crippen LogP contribution is 2.42. The van der Waals surface area contributed by atoms with Gasteiger partial charge in [-0.3, -0.25) is 16.1 Å². The van der Waals surface area contributed by atoms with Crippen LogP contribution in [0.2, 0.25) is 0 Å². The van der Waals surface area contributed by atoms with Gasteiger partial charge >= 0.3 is 0 Å². The molecule has 3 atom stereocenters. The average molecular weight is 691 g/mol. The Bertz CT molecular complexity index is 2280. The third-order valence-corrected chi connectivity index (χ3v) is 10.2.